The Labute approximate surface area is 88.4 Å². The van der Waals surface area contributed by atoms with Gasteiger partial charge in [0.05, 0.1) is 0 Å². The van der Waals surface area contributed by atoms with E-state index in [0.717, 1.165) is 5.56 Å². The molecular formula is C13H12O2. The third kappa shape index (κ3) is 1.66. The molecule has 0 spiro atoms. The second-order valence-corrected chi connectivity index (χ2v) is 3.47. The average molecular weight is 200 g/mol. The van der Waals surface area contributed by atoms with Gasteiger partial charge in [-0.25, -0.2) is 0 Å². The van der Waals surface area contributed by atoms with Crippen molar-refractivity contribution < 1.29 is 10.2 Å². The minimum atomic E-state index is 0.191. The third-order valence-electron chi connectivity index (χ3n) is 2.48. The Hall–Kier alpha value is -1.96. The second kappa shape index (κ2) is 3.65. The van der Waals surface area contributed by atoms with Gasteiger partial charge in [-0.3, -0.25) is 0 Å². The second-order valence-electron chi connectivity index (χ2n) is 3.47. The van der Waals surface area contributed by atoms with Crippen LogP contribution in [0.15, 0.2) is 42.5 Å². The SMILES string of the molecule is Cc1c(O)ccc(O)c1-c1ccccc1. The smallest absolute Gasteiger partial charge is 0.123 e. The zero-order valence-electron chi connectivity index (χ0n) is 8.44. The molecule has 0 saturated heterocycles. The van der Waals surface area contributed by atoms with Gasteiger partial charge in [-0.1, -0.05) is 30.3 Å². The zero-order chi connectivity index (χ0) is 10.8. The van der Waals surface area contributed by atoms with Crippen LogP contribution in [0.25, 0.3) is 11.1 Å². The topological polar surface area (TPSA) is 40.5 Å². The highest BCUT2D eigenvalue weighted by atomic mass is 16.3. The number of hydrogen-bond donors (Lipinski definition) is 2. The van der Waals surface area contributed by atoms with Gasteiger partial charge in [-0.15, -0.1) is 0 Å². The maximum atomic E-state index is 9.76. The molecule has 0 heterocycles. The average Bonchev–Trinajstić information content (AvgIpc) is 2.26. The molecule has 2 aromatic carbocycles. The van der Waals surface area contributed by atoms with E-state index in [1.54, 1.807) is 6.92 Å². The molecule has 0 fully saturated rings. The Bertz CT molecular complexity index is 475. The fraction of sp³-hybridized carbons (Fsp3) is 0.0769. The van der Waals surface area contributed by atoms with Gasteiger partial charge in [0, 0.05) is 11.1 Å². The molecule has 0 aliphatic rings. The van der Waals surface area contributed by atoms with Crippen LogP contribution in [-0.2, 0) is 0 Å². The quantitative estimate of drug-likeness (QED) is 0.694. The lowest BCUT2D eigenvalue weighted by Gasteiger charge is -2.09. The highest BCUT2D eigenvalue weighted by molar-refractivity contribution is 5.75. The summed E-state index contributed by atoms with van der Waals surface area (Å²) < 4.78 is 0. The molecule has 2 nitrogen and oxygen atoms in total. The molecule has 2 N–H and O–H groups in total. The largest absolute Gasteiger partial charge is 0.508 e. The van der Waals surface area contributed by atoms with E-state index >= 15 is 0 Å². The van der Waals surface area contributed by atoms with Crippen LogP contribution in [0.1, 0.15) is 5.56 Å². The van der Waals surface area contributed by atoms with E-state index in [-0.39, 0.29) is 11.5 Å². The van der Waals surface area contributed by atoms with Crippen LogP contribution in [0, 0.1) is 6.92 Å². The lowest BCUT2D eigenvalue weighted by molar-refractivity contribution is 0.458. The summed E-state index contributed by atoms with van der Waals surface area (Å²) in [5, 5.41) is 19.3. The van der Waals surface area contributed by atoms with Crippen molar-refractivity contribution in [2.45, 2.75) is 6.92 Å². The predicted molar refractivity (Wildman–Crippen MR) is 59.9 cm³/mol. The van der Waals surface area contributed by atoms with Gasteiger partial charge in [0.1, 0.15) is 11.5 Å². The van der Waals surface area contributed by atoms with Crippen LogP contribution in [0.2, 0.25) is 0 Å². The molecule has 0 amide bonds. The highest BCUT2D eigenvalue weighted by Crippen LogP contribution is 2.36. The van der Waals surface area contributed by atoms with Crippen molar-refractivity contribution in [1.82, 2.24) is 0 Å². The Morgan fingerprint density at radius 2 is 1.40 bits per heavy atom. The van der Waals surface area contributed by atoms with Crippen molar-refractivity contribution in [3.05, 3.63) is 48.0 Å². The van der Waals surface area contributed by atoms with Gasteiger partial charge >= 0.3 is 0 Å². The summed E-state index contributed by atoms with van der Waals surface area (Å²) in [5.74, 6) is 0.392. The minimum Gasteiger partial charge on any atom is -0.508 e. The molecule has 0 saturated carbocycles. The summed E-state index contributed by atoms with van der Waals surface area (Å²) in [6.45, 7) is 1.79. The Kier molecular flexibility index (Phi) is 2.34. The Balaban J connectivity index is 2.68. The van der Waals surface area contributed by atoms with Gasteiger partial charge in [0.15, 0.2) is 0 Å². The lowest BCUT2D eigenvalue weighted by Crippen LogP contribution is -1.84. The van der Waals surface area contributed by atoms with E-state index in [1.165, 1.54) is 12.1 Å². The molecule has 0 atom stereocenters. The van der Waals surface area contributed by atoms with E-state index in [9.17, 15) is 10.2 Å². The van der Waals surface area contributed by atoms with Crippen molar-refractivity contribution in [3.8, 4) is 22.6 Å². The minimum absolute atomic E-state index is 0.191. The molecule has 15 heavy (non-hydrogen) atoms. The molecule has 2 rings (SSSR count). The van der Waals surface area contributed by atoms with Crippen molar-refractivity contribution in [2.75, 3.05) is 0 Å². The van der Waals surface area contributed by atoms with Gasteiger partial charge in [-0.05, 0) is 24.6 Å². The predicted octanol–water partition coefficient (Wildman–Crippen LogP) is 3.07. The monoisotopic (exact) mass is 200 g/mol. The summed E-state index contributed by atoms with van der Waals surface area (Å²) in [6.07, 6.45) is 0. The van der Waals surface area contributed by atoms with Crippen LogP contribution >= 0.6 is 0 Å². The number of benzene rings is 2. The number of rotatable bonds is 1. The molecular weight excluding hydrogens is 188 g/mol. The molecule has 0 aliphatic heterocycles. The molecule has 0 aliphatic carbocycles. The van der Waals surface area contributed by atoms with E-state index in [0.29, 0.717) is 11.1 Å². The van der Waals surface area contributed by atoms with Gasteiger partial charge in [0.2, 0.25) is 0 Å². The van der Waals surface area contributed by atoms with E-state index in [2.05, 4.69) is 0 Å². The molecule has 2 heteroatoms. The number of aromatic hydroxyl groups is 2. The molecule has 76 valence electrons. The first-order chi connectivity index (χ1) is 7.20. The van der Waals surface area contributed by atoms with Crippen molar-refractivity contribution in [1.29, 1.82) is 0 Å². The van der Waals surface area contributed by atoms with Crippen molar-refractivity contribution in [2.24, 2.45) is 0 Å². The van der Waals surface area contributed by atoms with Crippen LogP contribution in [0.5, 0.6) is 11.5 Å². The van der Waals surface area contributed by atoms with E-state index in [1.807, 2.05) is 30.3 Å². The Morgan fingerprint density at radius 1 is 0.800 bits per heavy atom. The third-order valence-corrected chi connectivity index (χ3v) is 2.48. The molecule has 0 aromatic heterocycles. The Morgan fingerprint density at radius 3 is 2.07 bits per heavy atom. The fourth-order valence-corrected chi connectivity index (χ4v) is 1.66. The molecule has 2 aromatic rings. The normalized spacial score (nSPS) is 10.2. The first-order valence-electron chi connectivity index (χ1n) is 4.77. The summed E-state index contributed by atoms with van der Waals surface area (Å²) in [7, 11) is 0. The first-order valence-corrected chi connectivity index (χ1v) is 4.77. The summed E-state index contributed by atoms with van der Waals surface area (Å²) >= 11 is 0. The summed E-state index contributed by atoms with van der Waals surface area (Å²) in [5.41, 5.74) is 2.29. The lowest BCUT2D eigenvalue weighted by atomic mass is 9.99. The molecule has 0 unspecified atom stereocenters. The van der Waals surface area contributed by atoms with Gasteiger partial charge in [-0.2, -0.15) is 0 Å². The molecule has 0 radical (unpaired) electrons. The van der Waals surface area contributed by atoms with Crippen LogP contribution in [-0.4, -0.2) is 10.2 Å². The molecule has 0 bridgehead atoms. The fourth-order valence-electron chi connectivity index (χ4n) is 1.66. The standard InChI is InChI=1S/C13H12O2/c1-9-11(14)7-8-12(15)13(9)10-5-3-2-4-6-10/h2-8,14-15H,1H3. The van der Waals surface area contributed by atoms with Crippen LogP contribution in [0.3, 0.4) is 0 Å². The maximum absolute atomic E-state index is 9.76. The van der Waals surface area contributed by atoms with Gasteiger partial charge < -0.3 is 10.2 Å². The van der Waals surface area contributed by atoms with Gasteiger partial charge in [0.25, 0.3) is 0 Å². The number of hydrogen-bond acceptors (Lipinski definition) is 2. The van der Waals surface area contributed by atoms with E-state index < -0.39 is 0 Å². The van der Waals surface area contributed by atoms with Crippen molar-refractivity contribution >= 4 is 0 Å². The zero-order valence-corrected chi connectivity index (χ0v) is 8.44. The highest BCUT2D eigenvalue weighted by Gasteiger charge is 2.10. The number of phenols is 2. The summed E-state index contributed by atoms with van der Waals surface area (Å²) in [6, 6.07) is 12.5. The number of phenolic OH excluding ortho intramolecular Hbond substituents is 2. The first kappa shape index (κ1) is 9.59. The van der Waals surface area contributed by atoms with Crippen LogP contribution < -0.4 is 0 Å². The van der Waals surface area contributed by atoms with E-state index in [4.69, 9.17) is 0 Å². The summed E-state index contributed by atoms with van der Waals surface area (Å²) in [4.78, 5) is 0. The van der Waals surface area contributed by atoms with Crippen molar-refractivity contribution in [3.63, 3.8) is 0 Å². The maximum Gasteiger partial charge on any atom is 0.123 e. The van der Waals surface area contributed by atoms with Crippen LogP contribution in [0.4, 0.5) is 0 Å².